The minimum atomic E-state index is -0.0106. The second-order valence-electron chi connectivity index (χ2n) is 5.90. The van der Waals surface area contributed by atoms with Crippen molar-refractivity contribution in [3.8, 4) is 11.4 Å². The van der Waals surface area contributed by atoms with Crippen molar-refractivity contribution in [1.82, 2.24) is 29.6 Å². The molecule has 3 aromatic rings. The number of amides is 1. The van der Waals surface area contributed by atoms with Crippen LogP contribution in [0, 0.1) is 0 Å². The lowest BCUT2D eigenvalue weighted by atomic mass is 9.99. The van der Waals surface area contributed by atoms with E-state index in [1.165, 1.54) is 0 Å². The topological polar surface area (TPSA) is 97.9 Å². The molecule has 4 heterocycles. The lowest BCUT2D eigenvalue weighted by molar-refractivity contribution is 0.0573. The van der Waals surface area contributed by atoms with Crippen LogP contribution in [0.4, 0.5) is 0 Å². The quantitative estimate of drug-likeness (QED) is 0.691. The fraction of sp³-hybridized carbons (Fsp3) is 0.375. The van der Waals surface area contributed by atoms with Crippen molar-refractivity contribution in [2.75, 3.05) is 13.1 Å². The Morgan fingerprint density at radius 1 is 1.36 bits per heavy atom. The minimum Gasteiger partial charge on any atom is -0.339 e. The van der Waals surface area contributed by atoms with Gasteiger partial charge in [0.15, 0.2) is 0 Å². The summed E-state index contributed by atoms with van der Waals surface area (Å²) in [6.07, 6.45) is 5.08. The molecule has 0 aromatic carbocycles. The molecule has 0 aliphatic carbocycles. The van der Waals surface area contributed by atoms with Crippen LogP contribution in [0.15, 0.2) is 29.0 Å². The monoisotopic (exact) mass is 356 g/mol. The number of carbonyl (C=O) groups excluding carboxylic acids is 1. The zero-order valence-corrected chi connectivity index (χ0v) is 14.4. The summed E-state index contributed by atoms with van der Waals surface area (Å²) in [5, 5.41) is 8.07. The molecule has 0 saturated carbocycles. The van der Waals surface area contributed by atoms with Crippen LogP contribution in [0.2, 0.25) is 0 Å². The molecule has 8 nitrogen and oxygen atoms in total. The van der Waals surface area contributed by atoms with Gasteiger partial charge in [-0.1, -0.05) is 23.0 Å². The van der Waals surface area contributed by atoms with Crippen LogP contribution < -0.4 is 0 Å². The predicted octanol–water partition coefficient (Wildman–Crippen LogP) is 2.18. The molecule has 0 atom stereocenters. The van der Waals surface area contributed by atoms with Gasteiger partial charge in [0.25, 0.3) is 5.91 Å². The highest BCUT2D eigenvalue weighted by Crippen LogP contribution is 2.29. The van der Waals surface area contributed by atoms with Crippen LogP contribution in [0.3, 0.4) is 0 Å². The number of hydrogen-bond donors (Lipinski definition) is 0. The average Bonchev–Trinajstić information content (AvgIpc) is 3.24. The Morgan fingerprint density at radius 3 is 2.92 bits per heavy atom. The summed E-state index contributed by atoms with van der Waals surface area (Å²) in [7, 11) is 0. The molecule has 0 bridgehead atoms. The van der Waals surface area contributed by atoms with Gasteiger partial charge in [-0.2, -0.15) is 4.98 Å². The fourth-order valence-corrected chi connectivity index (χ4v) is 3.41. The third-order valence-corrected chi connectivity index (χ3v) is 4.89. The highest BCUT2D eigenvalue weighted by molar-refractivity contribution is 7.08. The SMILES string of the molecule is CCCc1nnsc1C(=O)N1CC(c2nc(-c3ccncc3)no2)C1. The standard InChI is InChI=1S/C16H16N6O2S/c1-2-3-12-13(25-21-19-12)16(23)22-8-11(9-22)15-18-14(20-24-15)10-4-6-17-7-5-10/h4-7,11H,2-3,8-9H2,1H3. The molecule has 0 radical (unpaired) electrons. The van der Waals surface area contributed by atoms with Gasteiger partial charge in [-0.15, -0.1) is 5.10 Å². The normalized spacial score (nSPS) is 14.5. The van der Waals surface area contributed by atoms with Crippen molar-refractivity contribution in [2.24, 2.45) is 0 Å². The molecule has 9 heteroatoms. The van der Waals surface area contributed by atoms with E-state index in [2.05, 4.69) is 31.6 Å². The third-order valence-electron chi connectivity index (χ3n) is 4.14. The van der Waals surface area contributed by atoms with Gasteiger partial charge in [0.05, 0.1) is 11.6 Å². The molecule has 0 N–H and O–H groups in total. The van der Waals surface area contributed by atoms with E-state index in [0.717, 1.165) is 35.6 Å². The molecule has 1 aliphatic heterocycles. The molecular weight excluding hydrogens is 340 g/mol. The van der Waals surface area contributed by atoms with Crippen molar-refractivity contribution >= 4 is 17.4 Å². The molecule has 0 spiro atoms. The molecule has 3 aromatic heterocycles. The molecule has 1 aliphatic rings. The predicted molar refractivity (Wildman–Crippen MR) is 90.1 cm³/mol. The van der Waals surface area contributed by atoms with Crippen molar-refractivity contribution < 1.29 is 9.32 Å². The molecule has 25 heavy (non-hydrogen) atoms. The van der Waals surface area contributed by atoms with Crippen molar-refractivity contribution in [3.05, 3.63) is 41.0 Å². The van der Waals surface area contributed by atoms with E-state index < -0.39 is 0 Å². The van der Waals surface area contributed by atoms with Gasteiger partial charge in [0.2, 0.25) is 11.7 Å². The Kier molecular flexibility index (Phi) is 4.22. The van der Waals surface area contributed by atoms with Crippen molar-refractivity contribution in [3.63, 3.8) is 0 Å². The third kappa shape index (κ3) is 3.02. The number of hydrogen-bond acceptors (Lipinski definition) is 8. The summed E-state index contributed by atoms with van der Waals surface area (Å²) >= 11 is 1.16. The summed E-state index contributed by atoms with van der Waals surface area (Å²) in [4.78, 5) is 23.4. The van der Waals surface area contributed by atoms with E-state index in [0.29, 0.717) is 29.7 Å². The summed E-state index contributed by atoms with van der Waals surface area (Å²) in [6, 6.07) is 3.66. The van der Waals surface area contributed by atoms with Gasteiger partial charge in [-0.05, 0) is 30.1 Å². The first-order valence-electron chi connectivity index (χ1n) is 8.10. The second-order valence-corrected chi connectivity index (χ2v) is 6.65. The molecule has 1 fully saturated rings. The molecule has 4 rings (SSSR count). The van der Waals surface area contributed by atoms with E-state index in [1.807, 2.05) is 12.1 Å². The Labute approximate surface area is 148 Å². The summed E-state index contributed by atoms with van der Waals surface area (Å²) in [5.74, 6) is 1.16. The summed E-state index contributed by atoms with van der Waals surface area (Å²) in [5.41, 5.74) is 1.65. The maximum absolute atomic E-state index is 12.6. The largest absolute Gasteiger partial charge is 0.339 e. The smallest absolute Gasteiger partial charge is 0.267 e. The van der Waals surface area contributed by atoms with E-state index in [9.17, 15) is 4.79 Å². The van der Waals surface area contributed by atoms with Crippen molar-refractivity contribution in [2.45, 2.75) is 25.7 Å². The van der Waals surface area contributed by atoms with Gasteiger partial charge in [0, 0.05) is 31.0 Å². The van der Waals surface area contributed by atoms with Crippen LogP contribution in [-0.2, 0) is 6.42 Å². The summed E-state index contributed by atoms with van der Waals surface area (Å²) < 4.78 is 9.28. The number of aromatic nitrogens is 5. The van der Waals surface area contributed by atoms with E-state index in [1.54, 1.807) is 17.3 Å². The van der Waals surface area contributed by atoms with Gasteiger partial charge >= 0.3 is 0 Å². The first-order chi connectivity index (χ1) is 12.3. The van der Waals surface area contributed by atoms with Gasteiger partial charge in [-0.25, -0.2) is 0 Å². The lowest BCUT2D eigenvalue weighted by Gasteiger charge is -2.36. The first-order valence-corrected chi connectivity index (χ1v) is 8.88. The van der Waals surface area contributed by atoms with Gasteiger partial charge in [-0.3, -0.25) is 9.78 Å². The van der Waals surface area contributed by atoms with E-state index >= 15 is 0 Å². The Bertz CT molecular complexity index is 872. The van der Waals surface area contributed by atoms with Crippen LogP contribution in [0.1, 0.15) is 40.5 Å². The van der Waals surface area contributed by atoms with Crippen LogP contribution in [0.25, 0.3) is 11.4 Å². The highest BCUT2D eigenvalue weighted by Gasteiger charge is 2.37. The van der Waals surface area contributed by atoms with Gasteiger partial charge in [0.1, 0.15) is 4.88 Å². The Hall–Kier alpha value is -2.68. The van der Waals surface area contributed by atoms with Crippen LogP contribution in [-0.4, -0.2) is 48.6 Å². The fourth-order valence-electron chi connectivity index (χ4n) is 2.73. The number of pyridine rings is 1. The second kappa shape index (κ2) is 6.67. The Morgan fingerprint density at radius 2 is 2.16 bits per heavy atom. The average molecular weight is 356 g/mol. The summed E-state index contributed by atoms with van der Waals surface area (Å²) in [6.45, 7) is 3.20. The van der Waals surface area contributed by atoms with Crippen LogP contribution in [0.5, 0.6) is 0 Å². The Balaban J connectivity index is 1.41. The van der Waals surface area contributed by atoms with E-state index in [4.69, 9.17) is 4.52 Å². The molecule has 1 saturated heterocycles. The van der Waals surface area contributed by atoms with Crippen LogP contribution >= 0.6 is 11.5 Å². The van der Waals surface area contributed by atoms with E-state index in [-0.39, 0.29) is 11.8 Å². The zero-order chi connectivity index (χ0) is 17.2. The molecule has 1 amide bonds. The molecule has 128 valence electrons. The molecule has 0 unspecified atom stereocenters. The molecular formula is C16H16N6O2S. The maximum atomic E-state index is 12.6. The number of rotatable bonds is 5. The number of nitrogens with zero attached hydrogens (tertiary/aromatic N) is 6. The number of carbonyl (C=O) groups is 1. The first kappa shape index (κ1) is 15.8. The maximum Gasteiger partial charge on any atom is 0.267 e. The number of likely N-dealkylation sites (tertiary alicyclic amines) is 1. The van der Waals surface area contributed by atoms with Gasteiger partial charge < -0.3 is 9.42 Å². The highest BCUT2D eigenvalue weighted by atomic mass is 32.1. The van der Waals surface area contributed by atoms with Crippen molar-refractivity contribution in [1.29, 1.82) is 0 Å². The minimum absolute atomic E-state index is 0.0106. The lowest BCUT2D eigenvalue weighted by Crippen LogP contribution is -2.48. The number of aryl methyl sites for hydroxylation is 1. The zero-order valence-electron chi connectivity index (χ0n) is 13.6.